The van der Waals surface area contributed by atoms with Crippen LogP contribution in [0.3, 0.4) is 0 Å². The van der Waals surface area contributed by atoms with Crippen LogP contribution in [0.5, 0.6) is 0 Å². The maximum atomic E-state index is 11.8. The molecule has 0 saturated carbocycles. The van der Waals surface area contributed by atoms with Crippen LogP contribution in [-0.4, -0.2) is 43.9 Å². The van der Waals surface area contributed by atoms with Crippen LogP contribution in [0.15, 0.2) is 29.2 Å². The zero-order valence-electron chi connectivity index (χ0n) is 10.4. The average Bonchev–Trinajstić information content (AvgIpc) is 2.37. The molecular formula is C11H13NO6S. The molecule has 0 radical (unpaired) electrons. The molecule has 0 amide bonds. The Labute approximate surface area is 110 Å². The summed E-state index contributed by atoms with van der Waals surface area (Å²) in [6, 6.07) is 4.98. The fourth-order valence-electron chi connectivity index (χ4n) is 1.30. The summed E-state index contributed by atoms with van der Waals surface area (Å²) in [5.74, 6) is -1.82. The number of carbonyl (C=O) groups is 2. The van der Waals surface area contributed by atoms with Gasteiger partial charge in [-0.15, -0.1) is 0 Å². The van der Waals surface area contributed by atoms with Crippen molar-refractivity contribution >= 4 is 21.8 Å². The van der Waals surface area contributed by atoms with E-state index in [1.54, 1.807) is 0 Å². The molecule has 1 N–H and O–H groups in total. The third kappa shape index (κ3) is 3.60. The van der Waals surface area contributed by atoms with Crippen LogP contribution in [0.1, 0.15) is 16.8 Å². The van der Waals surface area contributed by atoms with Gasteiger partial charge >= 0.3 is 5.97 Å². The minimum Gasteiger partial charge on any atom is -0.481 e. The van der Waals surface area contributed by atoms with Gasteiger partial charge in [-0.1, -0.05) is 16.6 Å². The van der Waals surface area contributed by atoms with Crippen molar-refractivity contribution in [2.75, 3.05) is 14.2 Å². The van der Waals surface area contributed by atoms with Gasteiger partial charge in [0, 0.05) is 12.6 Å². The van der Waals surface area contributed by atoms with Crippen LogP contribution in [0, 0.1) is 0 Å². The maximum Gasteiger partial charge on any atom is 0.311 e. The Balaban J connectivity index is 3.00. The van der Waals surface area contributed by atoms with Gasteiger partial charge in [0.05, 0.1) is 12.0 Å². The third-order valence-electron chi connectivity index (χ3n) is 2.38. The molecule has 0 unspecified atom stereocenters. The van der Waals surface area contributed by atoms with Crippen molar-refractivity contribution in [2.45, 2.75) is 11.3 Å². The molecule has 7 nitrogen and oxygen atoms in total. The second-order valence-corrected chi connectivity index (χ2v) is 5.55. The van der Waals surface area contributed by atoms with E-state index in [1.807, 2.05) is 0 Å². The fraction of sp³-hybridized carbons (Fsp3) is 0.273. The quantitative estimate of drug-likeness (QED) is 0.465. The molecular weight excluding hydrogens is 274 g/mol. The highest BCUT2D eigenvalue weighted by Crippen LogP contribution is 2.15. The highest BCUT2D eigenvalue weighted by molar-refractivity contribution is 7.89. The molecule has 0 heterocycles. The first kappa shape index (κ1) is 15.3. The normalized spacial score (nSPS) is 11.5. The van der Waals surface area contributed by atoms with E-state index in [2.05, 4.69) is 4.84 Å². The van der Waals surface area contributed by atoms with Crippen molar-refractivity contribution in [3.63, 3.8) is 0 Å². The second kappa shape index (κ2) is 5.91. The summed E-state index contributed by atoms with van der Waals surface area (Å²) in [6.07, 6.45) is -0.635. The van der Waals surface area contributed by atoms with E-state index in [4.69, 9.17) is 5.11 Å². The number of carboxylic acid groups (broad SMARTS) is 1. The number of hydrogen-bond donors (Lipinski definition) is 1. The first-order chi connectivity index (χ1) is 8.78. The number of aliphatic carboxylic acids is 1. The largest absolute Gasteiger partial charge is 0.481 e. The Hall–Kier alpha value is -1.77. The minimum absolute atomic E-state index is 0.0521. The Kier molecular flexibility index (Phi) is 4.76. The van der Waals surface area contributed by atoms with Crippen molar-refractivity contribution < 1.29 is 28.0 Å². The molecule has 19 heavy (non-hydrogen) atoms. The Morgan fingerprint density at radius 3 is 2.21 bits per heavy atom. The van der Waals surface area contributed by atoms with Crippen LogP contribution < -0.4 is 0 Å². The molecule has 104 valence electrons. The lowest BCUT2D eigenvalue weighted by atomic mass is 10.1. The lowest BCUT2D eigenvalue weighted by molar-refractivity contribution is -0.135. The molecule has 0 aromatic heterocycles. The molecule has 0 saturated heterocycles. The SMILES string of the molecule is CON(C)S(=O)(=O)c1ccc(C(=O)CC(=O)O)cc1. The van der Waals surface area contributed by atoms with Gasteiger partial charge in [-0.25, -0.2) is 8.42 Å². The number of carboxylic acids is 1. The minimum atomic E-state index is -3.77. The average molecular weight is 287 g/mol. The monoisotopic (exact) mass is 287 g/mol. The lowest BCUT2D eigenvalue weighted by Crippen LogP contribution is -2.25. The van der Waals surface area contributed by atoms with Crippen LogP contribution in [0.2, 0.25) is 0 Å². The predicted octanol–water partition coefficient (Wildman–Crippen LogP) is 0.526. The van der Waals surface area contributed by atoms with E-state index in [1.165, 1.54) is 38.4 Å². The fourth-order valence-corrected chi connectivity index (χ4v) is 2.27. The molecule has 0 bridgehead atoms. The highest BCUT2D eigenvalue weighted by atomic mass is 32.2. The van der Waals surface area contributed by atoms with Crippen molar-refractivity contribution in [2.24, 2.45) is 0 Å². The first-order valence-electron chi connectivity index (χ1n) is 5.17. The van der Waals surface area contributed by atoms with E-state index in [9.17, 15) is 18.0 Å². The van der Waals surface area contributed by atoms with Crippen LogP contribution >= 0.6 is 0 Å². The zero-order valence-corrected chi connectivity index (χ0v) is 11.2. The number of nitrogens with zero attached hydrogens (tertiary/aromatic N) is 1. The first-order valence-corrected chi connectivity index (χ1v) is 6.61. The molecule has 1 rings (SSSR count). The van der Waals surface area contributed by atoms with E-state index in [-0.39, 0.29) is 10.5 Å². The molecule has 1 aromatic carbocycles. The number of rotatable bonds is 6. The molecule has 8 heteroatoms. The van der Waals surface area contributed by atoms with Gasteiger partial charge in [0.25, 0.3) is 10.0 Å². The Morgan fingerprint density at radius 2 is 1.79 bits per heavy atom. The maximum absolute atomic E-state index is 11.8. The number of sulfonamides is 1. The van der Waals surface area contributed by atoms with Gasteiger partial charge in [0.2, 0.25) is 0 Å². The van der Waals surface area contributed by atoms with E-state index >= 15 is 0 Å². The number of carbonyl (C=O) groups excluding carboxylic acids is 1. The molecule has 1 aromatic rings. The summed E-state index contributed by atoms with van der Waals surface area (Å²) in [6.45, 7) is 0. The van der Waals surface area contributed by atoms with Crippen molar-refractivity contribution in [3.05, 3.63) is 29.8 Å². The molecule has 0 aliphatic carbocycles. The van der Waals surface area contributed by atoms with E-state index in [0.29, 0.717) is 4.47 Å². The van der Waals surface area contributed by atoms with Gasteiger partial charge in [-0.05, 0) is 12.1 Å². The van der Waals surface area contributed by atoms with Gasteiger partial charge in [0.1, 0.15) is 6.42 Å². The topological polar surface area (TPSA) is 101 Å². The van der Waals surface area contributed by atoms with Gasteiger partial charge in [-0.2, -0.15) is 0 Å². The summed E-state index contributed by atoms with van der Waals surface area (Å²) in [4.78, 5) is 26.4. The lowest BCUT2D eigenvalue weighted by Gasteiger charge is -2.14. The second-order valence-electron chi connectivity index (χ2n) is 3.62. The molecule has 0 aliphatic heterocycles. The van der Waals surface area contributed by atoms with Crippen LogP contribution in [0.4, 0.5) is 0 Å². The number of ketones is 1. The summed E-state index contributed by atoms with van der Waals surface area (Å²) >= 11 is 0. The molecule has 0 fully saturated rings. The number of hydrogen-bond acceptors (Lipinski definition) is 5. The van der Waals surface area contributed by atoms with Gasteiger partial charge < -0.3 is 5.11 Å². The van der Waals surface area contributed by atoms with Gasteiger partial charge in [-0.3, -0.25) is 14.4 Å². The predicted molar refractivity (Wildman–Crippen MR) is 65.0 cm³/mol. The van der Waals surface area contributed by atoms with Gasteiger partial charge in [0.15, 0.2) is 5.78 Å². The summed E-state index contributed by atoms with van der Waals surface area (Å²) in [5, 5.41) is 8.49. The van der Waals surface area contributed by atoms with E-state index < -0.39 is 28.2 Å². The zero-order chi connectivity index (χ0) is 14.6. The summed E-state index contributed by atoms with van der Waals surface area (Å²) < 4.78 is 24.4. The van der Waals surface area contributed by atoms with Crippen molar-refractivity contribution in [3.8, 4) is 0 Å². The Bertz CT molecular complexity index is 578. The summed E-state index contributed by atoms with van der Waals surface area (Å²) in [5.41, 5.74) is 0.140. The number of Topliss-reactive ketones (excluding diaryl/α,β-unsaturated/α-hetero) is 1. The van der Waals surface area contributed by atoms with Crippen molar-refractivity contribution in [1.29, 1.82) is 0 Å². The van der Waals surface area contributed by atoms with E-state index in [0.717, 1.165) is 0 Å². The molecule has 0 atom stereocenters. The third-order valence-corrected chi connectivity index (χ3v) is 4.08. The number of benzene rings is 1. The van der Waals surface area contributed by atoms with Crippen LogP contribution in [-0.2, 0) is 19.7 Å². The van der Waals surface area contributed by atoms with Crippen LogP contribution in [0.25, 0.3) is 0 Å². The highest BCUT2D eigenvalue weighted by Gasteiger charge is 2.21. The Morgan fingerprint density at radius 1 is 1.26 bits per heavy atom. The smallest absolute Gasteiger partial charge is 0.311 e. The van der Waals surface area contributed by atoms with Crippen molar-refractivity contribution in [1.82, 2.24) is 4.47 Å². The summed E-state index contributed by atoms with van der Waals surface area (Å²) in [7, 11) is -1.33. The molecule has 0 spiro atoms. The standard InChI is InChI=1S/C11H13NO6S/c1-12(18-2)19(16,17)9-5-3-8(4-6-9)10(13)7-11(14)15/h3-6H,7H2,1-2H3,(H,14,15). The number of hydroxylamine groups is 1. The molecule has 0 aliphatic rings.